The zero-order valence-electron chi connectivity index (χ0n) is 9.16. The maximum atomic E-state index is 12.2. The standard InChI is InChI=1S/C14H14OS/c15-13-11-8-4-5-9-12(11)16-14(13)10-6-2-1-3-7-10/h4-5,8-9H,1-3,6-7H2. The van der Waals surface area contributed by atoms with E-state index < -0.39 is 0 Å². The number of hydrogen-bond donors (Lipinski definition) is 0. The van der Waals surface area contributed by atoms with Gasteiger partial charge in [-0.3, -0.25) is 4.79 Å². The van der Waals surface area contributed by atoms with Crippen molar-refractivity contribution in [2.75, 3.05) is 0 Å². The van der Waals surface area contributed by atoms with Crippen LogP contribution in [0.5, 0.6) is 0 Å². The molecule has 0 spiro atoms. The van der Waals surface area contributed by atoms with Crippen LogP contribution in [0.15, 0.2) is 39.6 Å². The van der Waals surface area contributed by atoms with E-state index in [0.717, 1.165) is 28.2 Å². The number of ketones is 1. The van der Waals surface area contributed by atoms with E-state index in [9.17, 15) is 4.79 Å². The van der Waals surface area contributed by atoms with E-state index in [4.69, 9.17) is 0 Å². The number of thioether (sulfide) groups is 1. The number of benzene rings is 1. The smallest absolute Gasteiger partial charge is 0.200 e. The van der Waals surface area contributed by atoms with E-state index >= 15 is 0 Å². The van der Waals surface area contributed by atoms with Crippen LogP contribution >= 0.6 is 11.8 Å². The monoisotopic (exact) mass is 230 g/mol. The molecule has 3 rings (SSSR count). The van der Waals surface area contributed by atoms with Gasteiger partial charge in [-0.15, -0.1) is 0 Å². The molecule has 0 amide bonds. The first-order valence-electron chi connectivity index (χ1n) is 5.90. The predicted molar refractivity (Wildman–Crippen MR) is 66.7 cm³/mol. The third kappa shape index (κ3) is 1.61. The summed E-state index contributed by atoms with van der Waals surface area (Å²) in [5.41, 5.74) is 2.30. The highest BCUT2D eigenvalue weighted by molar-refractivity contribution is 8.04. The van der Waals surface area contributed by atoms with E-state index in [1.807, 2.05) is 24.3 Å². The molecule has 82 valence electrons. The summed E-state index contributed by atoms with van der Waals surface area (Å²) in [5, 5.41) is 0. The first-order valence-corrected chi connectivity index (χ1v) is 6.71. The summed E-state index contributed by atoms with van der Waals surface area (Å²) in [5.74, 6) is 0.262. The Labute approximate surface area is 99.9 Å². The lowest BCUT2D eigenvalue weighted by Crippen LogP contribution is -2.02. The quantitative estimate of drug-likeness (QED) is 0.621. The molecule has 0 saturated heterocycles. The summed E-state index contributed by atoms with van der Waals surface area (Å²) >= 11 is 1.68. The molecule has 0 bridgehead atoms. The van der Waals surface area contributed by atoms with Gasteiger partial charge in [-0.25, -0.2) is 0 Å². The zero-order valence-corrected chi connectivity index (χ0v) is 9.98. The summed E-state index contributed by atoms with van der Waals surface area (Å²) in [4.78, 5) is 14.4. The maximum Gasteiger partial charge on any atom is 0.200 e. The minimum atomic E-state index is 0.262. The fourth-order valence-electron chi connectivity index (χ4n) is 2.46. The largest absolute Gasteiger partial charge is 0.288 e. The van der Waals surface area contributed by atoms with Gasteiger partial charge in [0.25, 0.3) is 0 Å². The molecular weight excluding hydrogens is 216 g/mol. The molecule has 1 nitrogen and oxygen atoms in total. The van der Waals surface area contributed by atoms with Gasteiger partial charge < -0.3 is 0 Å². The highest BCUT2D eigenvalue weighted by Gasteiger charge is 2.28. The third-order valence-electron chi connectivity index (χ3n) is 3.33. The SMILES string of the molecule is O=C1C(=C2CCCCC2)Sc2ccccc21. The molecule has 1 saturated carbocycles. The van der Waals surface area contributed by atoms with Gasteiger partial charge in [0.15, 0.2) is 0 Å². The molecule has 0 atom stereocenters. The van der Waals surface area contributed by atoms with Crippen molar-refractivity contribution in [3.8, 4) is 0 Å². The molecule has 1 aromatic rings. The van der Waals surface area contributed by atoms with Crippen LogP contribution in [-0.4, -0.2) is 5.78 Å². The van der Waals surface area contributed by atoms with Crippen LogP contribution < -0.4 is 0 Å². The summed E-state index contributed by atoms with van der Waals surface area (Å²) in [6.45, 7) is 0. The summed E-state index contributed by atoms with van der Waals surface area (Å²) < 4.78 is 0. The van der Waals surface area contributed by atoms with E-state index in [-0.39, 0.29) is 5.78 Å². The molecule has 16 heavy (non-hydrogen) atoms. The molecule has 2 heteroatoms. The van der Waals surface area contributed by atoms with E-state index in [2.05, 4.69) is 0 Å². The van der Waals surface area contributed by atoms with Crippen LogP contribution in [0.25, 0.3) is 0 Å². The minimum absolute atomic E-state index is 0.262. The number of fused-ring (bicyclic) bond motifs is 1. The molecule has 1 aliphatic carbocycles. The molecule has 2 aliphatic rings. The Bertz CT molecular complexity index is 465. The fraction of sp³-hybridized carbons (Fsp3) is 0.357. The van der Waals surface area contributed by atoms with Gasteiger partial charge in [0.05, 0.1) is 4.91 Å². The second-order valence-corrected chi connectivity index (χ2v) is 5.47. The zero-order chi connectivity index (χ0) is 11.0. The molecule has 1 heterocycles. The fourth-order valence-corrected chi connectivity index (χ4v) is 3.65. The number of Topliss-reactive ketones (excluding diaryl/α,β-unsaturated/α-hetero) is 1. The van der Waals surface area contributed by atoms with E-state index in [1.165, 1.54) is 24.8 Å². The number of carbonyl (C=O) groups excluding carboxylic acids is 1. The molecule has 1 aromatic carbocycles. The number of carbonyl (C=O) groups is 1. The summed E-state index contributed by atoms with van der Waals surface area (Å²) in [6.07, 6.45) is 6.08. The van der Waals surface area contributed by atoms with Crippen molar-refractivity contribution in [2.45, 2.75) is 37.0 Å². The molecule has 1 aliphatic heterocycles. The first kappa shape index (κ1) is 10.2. The second-order valence-electron chi connectivity index (χ2n) is 4.42. The lowest BCUT2D eigenvalue weighted by molar-refractivity contribution is 0.104. The Kier molecular flexibility index (Phi) is 2.60. The average Bonchev–Trinajstić information content (AvgIpc) is 2.69. The van der Waals surface area contributed by atoms with Crippen molar-refractivity contribution in [1.82, 2.24) is 0 Å². The number of allylic oxidation sites excluding steroid dienone is 2. The van der Waals surface area contributed by atoms with Gasteiger partial charge in [0.2, 0.25) is 5.78 Å². The van der Waals surface area contributed by atoms with Crippen molar-refractivity contribution in [2.24, 2.45) is 0 Å². The molecule has 0 radical (unpaired) electrons. The molecular formula is C14H14OS. The average molecular weight is 230 g/mol. The van der Waals surface area contributed by atoms with E-state index in [0.29, 0.717) is 0 Å². The van der Waals surface area contributed by atoms with Crippen LogP contribution in [0.4, 0.5) is 0 Å². The lowest BCUT2D eigenvalue weighted by Gasteiger charge is -2.15. The molecule has 0 N–H and O–H groups in total. The lowest BCUT2D eigenvalue weighted by atomic mass is 9.93. The van der Waals surface area contributed by atoms with Crippen molar-refractivity contribution in [3.05, 3.63) is 40.3 Å². The van der Waals surface area contributed by atoms with Gasteiger partial charge in [-0.2, -0.15) is 0 Å². The number of rotatable bonds is 0. The molecule has 1 fully saturated rings. The normalized spacial score (nSPS) is 20.1. The topological polar surface area (TPSA) is 17.1 Å². The van der Waals surface area contributed by atoms with Gasteiger partial charge in [0, 0.05) is 10.5 Å². The van der Waals surface area contributed by atoms with Gasteiger partial charge >= 0.3 is 0 Å². The highest BCUT2D eigenvalue weighted by atomic mass is 32.2. The van der Waals surface area contributed by atoms with Crippen LogP contribution in [0, 0.1) is 0 Å². The molecule has 0 aromatic heterocycles. The highest BCUT2D eigenvalue weighted by Crippen LogP contribution is 2.43. The second kappa shape index (κ2) is 4.10. The Balaban J connectivity index is 2.00. The van der Waals surface area contributed by atoms with Crippen LogP contribution in [-0.2, 0) is 0 Å². The van der Waals surface area contributed by atoms with Gasteiger partial charge in [-0.1, -0.05) is 35.9 Å². The molecule has 0 unspecified atom stereocenters. The van der Waals surface area contributed by atoms with Crippen molar-refractivity contribution in [1.29, 1.82) is 0 Å². The Morgan fingerprint density at radius 3 is 2.50 bits per heavy atom. The van der Waals surface area contributed by atoms with Crippen LogP contribution in [0.2, 0.25) is 0 Å². The summed E-state index contributed by atoms with van der Waals surface area (Å²) in [6, 6.07) is 7.95. The van der Waals surface area contributed by atoms with Crippen LogP contribution in [0.1, 0.15) is 42.5 Å². The Morgan fingerprint density at radius 2 is 1.75 bits per heavy atom. The first-order chi connectivity index (χ1) is 7.86. The minimum Gasteiger partial charge on any atom is -0.288 e. The number of hydrogen-bond acceptors (Lipinski definition) is 2. The Hall–Kier alpha value is -1.02. The van der Waals surface area contributed by atoms with Crippen LogP contribution in [0.3, 0.4) is 0 Å². The van der Waals surface area contributed by atoms with Gasteiger partial charge in [-0.05, 0) is 37.8 Å². The Morgan fingerprint density at radius 1 is 1.00 bits per heavy atom. The maximum absolute atomic E-state index is 12.2. The van der Waals surface area contributed by atoms with Crippen molar-refractivity contribution in [3.63, 3.8) is 0 Å². The van der Waals surface area contributed by atoms with Crippen molar-refractivity contribution >= 4 is 17.5 Å². The predicted octanol–water partition coefficient (Wildman–Crippen LogP) is 4.19. The summed E-state index contributed by atoms with van der Waals surface area (Å²) in [7, 11) is 0. The van der Waals surface area contributed by atoms with Gasteiger partial charge in [0.1, 0.15) is 0 Å². The van der Waals surface area contributed by atoms with Crippen molar-refractivity contribution < 1.29 is 4.79 Å². The van der Waals surface area contributed by atoms with E-state index in [1.54, 1.807) is 11.8 Å². The third-order valence-corrected chi connectivity index (χ3v) is 4.58.